The lowest BCUT2D eigenvalue weighted by Crippen LogP contribution is -1.94. The van der Waals surface area contributed by atoms with Crippen molar-refractivity contribution in [3.8, 4) is 0 Å². The van der Waals surface area contributed by atoms with E-state index in [1.54, 1.807) is 0 Å². The van der Waals surface area contributed by atoms with Crippen LogP contribution in [0.25, 0.3) is 6.08 Å². The fourth-order valence-corrected chi connectivity index (χ4v) is 1.14. The summed E-state index contributed by atoms with van der Waals surface area (Å²) in [6.07, 6.45) is 2.15. The molecule has 1 aromatic carbocycles. The van der Waals surface area contributed by atoms with Gasteiger partial charge in [-0.15, -0.1) is 0 Å². The van der Waals surface area contributed by atoms with E-state index in [9.17, 15) is 0 Å². The first-order chi connectivity index (χ1) is 6.33. The van der Waals surface area contributed by atoms with Crippen LogP contribution in [0.2, 0.25) is 0 Å². The van der Waals surface area contributed by atoms with E-state index in [1.165, 1.54) is 11.1 Å². The van der Waals surface area contributed by atoms with Crippen molar-refractivity contribution in [2.45, 2.75) is 13.8 Å². The van der Waals surface area contributed by atoms with Crippen molar-refractivity contribution < 1.29 is 4.74 Å². The summed E-state index contributed by atoms with van der Waals surface area (Å²) in [5, 5.41) is 0. The highest BCUT2D eigenvalue weighted by molar-refractivity contribution is 5.52. The van der Waals surface area contributed by atoms with Crippen LogP contribution in [0.15, 0.2) is 35.9 Å². The Hall–Kier alpha value is -1.08. The molecule has 1 aromatic rings. The van der Waals surface area contributed by atoms with E-state index in [0.29, 0.717) is 0 Å². The van der Waals surface area contributed by atoms with E-state index in [0.717, 1.165) is 13.2 Å². The van der Waals surface area contributed by atoms with Crippen LogP contribution in [-0.2, 0) is 4.74 Å². The second-order valence-corrected chi connectivity index (χ2v) is 3.04. The standard InChI is InChI=1S/C12H16O/c1-3-13-10-11(2)9-12-7-5-4-6-8-12/h4-9H,3,10H2,1-2H3. The molecular weight excluding hydrogens is 160 g/mol. The van der Waals surface area contributed by atoms with Gasteiger partial charge in [0.05, 0.1) is 6.61 Å². The fourth-order valence-electron chi connectivity index (χ4n) is 1.14. The minimum atomic E-state index is 0.728. The van der Waals surface area contributed by atoms with Gasteiger partial charge in [-0.05, 0) is 25.0 Å². The second-order valence-electron chi connectivity index (χ2n) is 3.04. The maximum atomic E-state index is 5.30. The number of hydrogen-bond donors (Lipinski definition) is 0. The number of benzene rings is 1. The lowest BCUT2D eigenvalue weighted by atomic mass is 10.1. The molecule has 1 nitrogen and oxygen atoms in total. The molecule has 0 saturated heterocycles. The molecule has 0 fully saturated rings. The number of hydrogen-bond acceptors (Lipinski definition) is 1. The summed E-state index contributed by atoms with van der Waals surface area (Å²) < 4.78 is 5.30. The molecule has 0 aliphatic rings. The lowest BCUT2D eigenvalue weighted by Gasteiger charge is -2.01. The molecule has 0 spiro atoms. The Morgan fingerprint density at radius 1 is 1.31 bits per heavy atom. The highest BCUT2D eigenvalue weighted by atomic mass is 16.5. The first kappa shape index (κ1) is 10.0. The van der Waals surface area contributed by atoms with Gasteiger partial charge in [-0.2, -0.15) is 0 Å². The Morgan fingerprint density at radius 2 is 2.00 bits per heavy atom. The minimum Gasteiger partial charge on any atom is -0.377 e. The molecule has 1 rings (SSSR count). The van der Waals surface area contributed by atoms with Crippen LogP contribution in [0.4, 0.5) is 0 Å². The molecule has 0 aliphatic carbocycles. The SMILES string of the molecule is CCOCC(C)=Cc1ccccc1. The predicted molar refractivity (Wildman–Crippen MR) is 56.6 cm³/mol. The van der Waals surface area contributed by atoms with Gasteiger partial charge < -0.3 is 4.74 Å². The Kier molecular flexibility index (Phi) is 4.27. The summed E-state index contributed by atoms with van der Waals surface area (Å²) in [7, 11) is 0. The van der Waals surface area contributed by atoms with Crippen molar-refractivity contribution in [3.63, 3.8) is 0 Å². The number of ether oxygens (including phenoxy) is 1. The predicted octanol–water partition coefficient (Wildman–Crippen LogP) is 3.13. The van der Waals surface area contributed by atoms with Gasteiger partial charge in [0.15, 0.2) is 0 Å². The molecule has 0 amide bonds. The zero-order chi connectivity index (χ0) is 9.52. The molecular formula is C12H16O. The topological polar surface area (TPSA) is 9.23 Å². The molecule has 13 heavy (non-hydrogen) atoms. The lowest BCUT2D eigenvalue weighted by molar-refractivity contribution is 0.171. The quantitative estimate of drug-likeness (QED) is 0.685. The first-order valence-corrected chi connectivity index (χ1v) is 4.63. The third-order valence-corrected chi connectivity index (χ3v) is 1.75. The van der Waals surface area contributed by atoms with Crippen LogP contribution in [0.1, 0.15) is 19.4 Å². The Labute approximate surface area is 80.0 Å². The van der Waals surface area contributed by atoms with Crippen molar-refractivity contribution >= 4 is 6.08 Å². The second kappa shape index (κ2) is 5.55. The smallest absolute Gasteiger partial charge is 0.0677 e. The molecule has 0 radical (unpaired) electrons. The average Bonchev–Trinajstić information content (AvgIpc) is 2.16. The van der Waals surface area contributed by atoms with E-state index in [1.807, 2.05) is 25.1 Å². The molecule has 0 saturated carbocycles. The Morgan fingerprint density at radius 3 is 2.62 bits per heavy atom. The van der Waals surface area contributed by atoms with Crippen LogP contribution in [0.3, 0.4) is 0 Å². The first-order valence-electron chi connectivity index (χ1n) is 4.63. The monoisotopic (exact) mass is 176 g/mol. The van der Waals surface area contributed by atoms with Gasteiger partial charge in [-0.25, -0.2) is 0 Å². The summed E-state index contributed by atoms with van der Waals surface area (Å²) in [4.78, 5) is 0. The van der Waals surface area contributed by atoms with Crippen LogP contribution < -0.4 is 0 Å². The molecule has 0 unspecified atom stereocenters. The Balaban J connectivity index is 2.55. The maximum Gasteiger partial charge on any atom is 0.0677 e. The summed E-state index contributed by atoms with van der Waals surface area (Å²) in [6.45, 7) is 5.60. The maximum absolute atomic E-state index is 5.30. The van der Waals surface area contributed by atoms with E-state index < -0.39 is 0 Å². The highest BCUT2D eigenvalue weighted by Gasteiger charge is 1.89. The highest BCUT2D eigenvalue weighted by Crippen LogP contribution is 2.05. The van der Waals surface area contributed by atoms with Crippen molar-refractivity contribution in [2.75, 3.05) is 13.2 Å². The van der Waals surface area contributed by atoms with Gasteiger partial charge in [-0.1, -0.05) is 36.4 Å². The van der Waals surface area contributed by atoms with E-state index in [4.69, 9.17) is 4.74 Å². The van der Waals surface area contributed by atoms with Gasteiger partial charge >= 0.3 is 0 Å². The van der Waals surface area contributed by atoms with Crippen LogP contribution in [0.5, 0.6) is 0 Å². The van der Waals surface area contributed by atoms with Crippen LogP contribution in [-0.4, -0.2) is 13.2 Å². The normalized spacial score (nSPS) is 11.7. The van der Waals surface area contributed by atoms with Crippen molar-refractivity contribution in [3.05, 3.63) is 41.5 Å². The Bertz CT molecular complexity index is 262. The van der Waals surface area contributed by atoms with Crippen molar-refractivity contribution in [1.82, 2.24) is 0 Å². The van der Waals surface area contributed by atoms with Gasteiger partial charge in [0, 0.05) is 6.61 Å². The largest absolute Gasteiger partial charge is 0.377 e. The summed E-state index contributed by atoms with van der Waals surface area (Å²) in [6, 6.07) is 10.3. The summed E-state index contributed by atoms with van der Waals surface area (Å²) >= 11 is 0. The van der Waals surface area contributed by atoms with Gasteiger partial charge in [-0.3, -0.25) is 0 Å². The summed E-state index contributed by atoms with van der Waals surface area (Å²) in [5.74, 6) is 0. The molecule has 70 valence electrons. The zero-order valence-electron chi connectivity index (χ0n) is 8.29. The molecule has 0 bridgehead atoms. The average molecular weight is 176 g/mol. The van der Waals surface area contributed by atoms with Gasteiger partial charge in [0.1, 0.15) is 0 Å². The third-order valence-electron chi connectivity index (χ3n) is 1.75. The molecule has 1 heteroatoms. The molecule has 0 N–H and O–H groups in total. The van der Waals surface area contributed by atoms with Crippen LogP contribution >= 0.6 is 0 Å². The molecule has 0 aromatic heterocycles. The zero-order valence-corrected chi connectivity index (χ0v) is 8.29. The summed E-state index contributed by atoms with van der Waals surface area (Å²) in [5.41, 5.74) is 2.49. The molecule has 0 aliphatic heterocycles. The fraction of sp³-hybridized carbons (Fsp3) is 0.333. The minimum absolute atomic E-state index is 0.728. The van der Waals surface area contributed by atoms with Crippen molar-refractivity contribution in [1.29, 1.82) is 0 Å². The van der Waals surface area contributed by atoms with Gasteiger partial charge in [0.25, 0.3) is 0 Å². The molecule has 0 atom stereocenters. The van der Waals surface area contributed by atoms with Gasteiger partial charge in [0.2, 0.25) is 0 Å². The van der Waals surface area contributed by atoms with E-state index in [-0.39, 0.29) is 0 Å². The van der Waals surface area contributed by atoms with E-state index >= 15 is 0 Å². The van der Waals surface area contributed by atoms with Crippen LogP contribution in [0, 0.1) is 0 Å². The number of rotatable bonds is 4. The van der Waals surface area contributed by atoms with E-state index in [2.05, 4.69) is 25.1 Å². The molecule has 0 heterocycles. The third kappa shape index (κ3) is 3.90. The van der Waals surface area contributed by atoms with Crippen molar-refractivity contribution in [2.24, 2.45) is 0 Å².